The molecule has 0 bridgehead atoms. The molecule has 1 atom stereocenters. The second-order valence-electron chi connectivity index (χ2n) is 4.41. The zero-order valence-electron chi connectivity index (χ0n) is 9.49. The van der Waals surface area contributed by atoms with Gasteiger partial charge in [0.2, 0.25) is 0 Å². The standard InChI is InChI=1S/C12H14N2S2/c1-7-3-4-8-9(5-7)16-12-10(8)11(15-2)13-6-14-12/h6-7H,3-5H2,1-2H3. The van der Waals surface area contributed by atoms with Crippen molar-refractivity contribution in [3.63, 3.8) is 0 Å². The highest BCUT2D eigenvalue weighted by atomic mass is 32.2. The molecule has 1 aliphatic carbocycles. The molecule has 2 aromatic heterocycles. The van der Waals surface area contributed by atoms with Crippen LogP contribution in [0.5, 0.6) is 0 Å². The van der Waals surface area contributed by atoms with Gasteiger partial charge in [-0.25, -0.2) is 9.97 Å². The number of thioether (sulfide) groups is 1. The Hall–Kier alpha value is -0.610. The highest BCUT2D eigenvalue weighted by Crippen LogP contribution is 2.39. The van der Waals surface area contributed by atoms with Crippen molar-refractivity contribution in [2.45, 2.75) is 31.2 Å². The van der Waals surface area contributed by atoms with Crippen molar-refractivity contribution in [2.75, 3.05) is 6.26 Å². The van der Waals surface area contributed by atoms with E-state index in [1.807, 2.05) is 11.3 Å². The van der Waals surface area contributed by atoms with Gasteiger partial charge in [0, 0.05) is 10.3 Å². The van der Waals surface area contributed by atoms with Crippen molar-refractivity contribution >= 4 is 33.3 Å². The number of hydrogen-bond acceptors (Lipinski definition) is 4. The van der Waals surface area contributed by atoms with Gasteiger partial charge in [-0.15, -0.1) is 23.1 Å². The summed E-state index contributed by atoms with van der Waals surface area (Å²) in [6.07, 6.45) is 7.53. The first kappa shape index (κ1) is 10.5. The van der Waals surface area contributed by atoms with Crippen LogP contribution in [0.3, 0.4) is 0 Å². The first-order valence-electron chi connectivity index (χ1n) is 5.59. The van der Waals surface area contributed by atoms with Gasteiger partial charge >= 0.3 is 0 Å². The second kappa shape index (κ2) is 4.00. The summed E-state index contributed by atoms with van der Waals surface area (Å²) in [6, 6.07) is 0. The van der Waals surface area contributed by atoms with Gasteiger partial charge in [0.1, 0.15) is 16.2 Å². The number of hydrogen-bond donors (Lipinski definition) is 0. The lowest BCUT2D eigenvalue weighted by Gasteiger charge is -2.17. The van der Waals surface area contributed by atoms with E-state index in [1.165, 1.54) is 35.0 Å². The Morgan fingerprint density at radius 1 is 1.44 bits per heavy atom. The molecule has 0 saturated heterocycles. The lowest BCUT2D eigenvalue weighted by Crippen LogP contribution is -2.08. The first-order valence-corrected chi connectivity index (χ1v) is 7.63. The van der Waals surface area contributed by atoms with Crippen molar-refractivity contribution in [2.24, 2.45) is 5.92 Å². The van der Waals surface area contributed by atoms with E-state index in [2.05, 4.69) is 23.1 Å². The van der Waals surface area contributed by atoms with Crippen LogP contribution in [0.1, 0.15) is 23.8 Å². The van der Waals surface area contributed by atoms with Gasteiger partial charge in [0.15, 0.2) is 0 Å². The third kappa shape index (κ3) is 1.55. The zero-order chi connectivity index (χ0) is 11.1. The van der Waals surface area contributed by atoms with E-state index in [0.29, 0.717) is 0 Å². The zero-order valence-corrected chi connectivity index (χ0v) is 11.1. The summed E-state index contributed by atoms with van der Waals surface area (Å²) in [5, 5.41) is 2.49. The molecule has 0 aromatic carbocycles. The Balaban J connectivity index is 2.26. The Morgan fingerprint density at radius 3 is 3.12 bits per heavy atom. The van der Waals surface area contributed by atoms with Crippen LogP contribution in [0.15, 0.2) is 11.4 Å². The van der Waals surface area contributed by atoms with Gasteiger partial charge in [0.05, 0.1) is 0 Å². The van der Waals surface area contributed by atoms with Gasteiger partial charge in [0.25, 0.3) is 0 Å². The van der Waals surface area contributed by atoms with Crippen LogP contribution >= 0.6 is 23.1 Å². The molecule has 2 heterocycles. The smallest absolute Gasteiger partial charge is 0.128 e. The van der Waals surface area contributed by atoms with E-state index >= 15 is 0 Å². The van der Waals surface area contributed by atoms with Crippen molar-refractivity contribution in [1.29, 1.82) is 0 Å². The molecule has 4 heteroatoms. The maximum absolute atomic E-state index is 4.41. The minimum Gasteiger partial charge on any atom is -0.229 e. The van der Waals surface area contributed by atoms with Crippen LogP contribution in [0, 0.1) is 5.92 Å². The second-order valence-corrected chi connectivity index (χ2v) is 6.29. The minimum absolute atomic E-state index is 0.825. The van der Waals surface area contributed by atoms with E-state index in [9.17, 15) is 0 Å². The fourth-order valence-corrected chi connectivity index (χ4v) is 4.39. The third-order valence-electron chi connectivity index (χ3n) is 3.25. The van der Waals surface area contributed by atoms with Crippen LogP contribution in [-0.2, 0) is 12.8 Å². The summed E-state index contributed by atoms with van der Waals surface area (Å²) < 4.78 is 0. The first-order chi connectivity index (χ1) is 7.79. The molecule has 2 nitrogen and oxygen atoms in total. The number of fused-ring (bicyclic) bond motifs is 3. The number of nitrogens with zero attached hydrogens (tertiary/aromatic N) is 2. The molecule has 0 N–H and O–H groups in total. The number of thiophene rings is 1. The molecular weight excluding hydrogens is 236 g/mol. The lowest BCUT2D eigenvalue weighted by atomic mass is 9.89. The predicted molar refractivity (Wildman–Crippen MR) is 70.4 cm³/mol. The Morgan fingerprint density at radius 2 is 2.31 bits per heavy atom. The van der Waals surface area contributed by atoms with Crippen molar-refractivity contribution in [3.05, 3.63) is 16.8 Å². The summed E-state index contributed by atoms with van der Waals surface area (Å²) in [5.41, 5.74) is 1.53. The van der Waals surface area contributed by atoms with Crippen LogP contribution < -0.4 is 0 Å². The van der Waals surface area contributed by atoms with Crippen molar-refractivity contribution in [3.8, 4) is 0 Å². The predicted octanol–water partition coefficient (Wildman–Crippen LogP) is 3.54. The minimum atomic E-state index is 0.825. The average Bonchev–Trinajstić information content (AvgIpc) is 2.65. The molecule has 2 aromatic rings. The Labute approximate surface area is 103 Å². The average molecular weight is 250 g/mol. The third-order valence-corrected chi connectivity index (χ3v) is 5.11. The molecule has 0 spiro atoms. The monoisotopic (exact) mass is 250 g/mol. The summed E-state index contributed by atoms with van der Waals surface area (Å²) in [7, 11) is 0. The highest BCUT2D eigenvalue weighted by molar-refractivity contribution is 7.98. The van der Waals surface area contributed by atoms with Gasteiger partial charge in [-0.3, -0.25) is 0 Å². The van der Waals surface area contributed by atoms with Crippen LogP contribution in [-0.4, -0.2) is 16.2 Å². The quantitative estimate of drug-likeness (QED) is 0.572. The summed E-state index contributed by atoms with van der Waals surface area (Å²) in [5.74, 6) is 0.825. The normalized spacial score (nSPS) is 20.0. The number of aryl methyl sites for hydroxylation is 1. The SMILES string of the molecule is CSc1ncnc2sc3c(c12)CCC(C)C3. The molecule has 1 unspecified atom stereocenters. The molecule has 1 aliphatic rings. The molecule has 84 valence electrons. The largest absolute Gasteiger partial charge is 0.229 e. The number of rotatable bonds is 1. The molecule has 0 fully saturated rings. The van der Waals surface area contributed by atoms with E-state index < -0.39 is 0 Å². The molecule has 0 radical (unpaired) electrons. The maximum Gasteiger partial charge on any atom is 0.128 e. The van der Waals surface area contributed by atoms with E-state index in [0.717, 1.165) is 10.9 Å². The molecule has 16 heavy (non-hydrogen) atoms. The number of aromatic nitrogens is 2. The maximum atomic E-state index is 4.41. The molecular formula is C12H14N2S2. The summed E-state index contributed by atoms with van der Waals surface area (Å²) >= 11 is 3.60. The Kier molecular flexibility index (Phi) is 2.64. The van der Waals surface area contributed by atoms with Crippen LogP contribution in [0.4, 0.5) is 0 Å². The van der Waals surface area contributed by atoms with E-state index in [1.54, 1.807) is 23.0 Å². The van der Waals surface area contributed by atoms with Crippen LogP contribution in [0.2, 0.25) is 0 Å². The van der Waals surface area contributed by atoms with Crippen LogP contribution in [0.25, 0.3) is 10.2 Å². The fourth-order valence-electron chi connectivity index (χ4n) is 2.40. The van der Waals surface area contributed by atoms with Gasteiger partial charge in [-0.1, -0.05) is 6.92 Å². The van der Waals surface area contributed by atoms with E-state index in [4.69, 9.17) is 0 Å². The van der Waals surface area contributed by atoms with Gasteiger partial charge < -0.3 is 0 Å². The van der Waals surface area contributed by atoms with Crippen molar-refractivity contribution < 1.29 is 0 Å². The summed E-state index contributed by atoms with van der Waals surface area (Å²) in [4.78, 5) is 11.5. The topological polar surface area (TPSA) is 25.8 Å². The lowest BCUT2D eigenvalue weighted by molar-refractivity contribution is 0.509. The summed E-state index contributed by atoms with van der Waals surface area (Å²) in [6.45, 7) is 2.34. The van der Waals surface area contributed by atoms with E-state index in [-0.39, 0.29) is 0 Å². The fraction of sp³-hybridized carbons (Fsp3) is 0.500. The highest BCUT2D eigenvalue weighted by Gasteiger charge is 2.22. The van der Waals surface area contributed by atoms with Crippen molar-refractivity contribution in [1.82, 2.24) is 9.97 Å². The Bertz CT molecular complexity index is 533. The van der Waals surface area contributed by atoms with Gasteiger partial charge in [-0.05, 0) is 37.0 Å². The molecule has 0 saturated carbocycles. The van der Waals surface area contributed by atoms with Gasteiger partial charge in [-0.2, -0.15) is 0 Å². The molecule has 3 rings (SSSR count). The molecule has 0 amide bonds. The molecule has 0 aliphatic heterocycles.